The topological polar surface area (TPSA) is 12.0 Å². The summed E-state index contributed by atoms with van der Waals surface area (Å²) in [5.74, 6) is -0.134. The highest BCUT2D eigenvalue weighted by molar-refractivity contribution is 5.29. The van der Waals surface area contributed by atoms with Crippen LogP contribution in [-0.4, -0.2) is 7.05 Å². The number of hydrogen-bond donors (Lipinski definition) is 1. The summed E-state index contributed by atoms with van der Waals surface area (Å²) in [6, 6.07) is 5.37. The lowest BCUT2D eigenvalue weighted by Gasteiger charge is -2.19. The Kier molecular flexibility index (Phi) is 8.52. The molecule has 1 unspecified atom stereocenters. The zero-order valence-electron chi connectivity index (χ0n) is 13.3. The molecule has 0 aromatic heterocycles. The van der Waals surface area contributed by atoms with Gasteiger partial charge in [-0.25, -0.2) is 4.39 Å². The Bertz CT molecular complexity index is 376. The minimum absolute atomic E-state index is 0.134. The molecule has 0 bridgehead atoms. The molecule has 1 nitrogen and oxygen atoms in total. The number of rotatable bonds is 10. The lowest BCUT2D eigenvalue weighted by molar-refractivity contribution is 0.491. The summed E-state index contributed by atoms with van der Waals surface area (Å²) in [4.78, 5) is 0. The van der Waals surface area contributed by atoms with Gasteiger partial charge in [-0.3, -0.25) is 0 Å². The van der Waals surface area contributed by atoms with Gasteiger partial charge < -0.3 is 5.32 Å². The molecule has 0 fully saturated rings. The number of nitrogens with one attached hydrogen (secondary N) is 1. The number of hydrogen-bond acceptors (Lipinski definition) is 1. The first-order valence-electron chi connectivity index (χ1n) is 8.12. The van der Waals surface area contributed by atoms with Crippen LogP contribution in [0.1, 0.15) is 75.5 Å². The van der Waals surface area contributed by atoms with Gasteiger partial charge >= 0.3 is 0 Å². The van der Waals surface area contributed by atoms with Gasteiger partial charge in [0.05, 0.1) is 0 Å². The highest BCUT2D eigenvalue weighted by Gasteiger charge is 2.12. The molecule has 2 heteroatoms. The van der Waals surface area contributed by atoms with Gasteiger partial charge in [0.2, 0.25) is 0 Å². The Morgan fingerprint density at radius 3 is 2.35 bits per heavy atom. The van der Waals surface area contributed by atoms with Crippen molar-refractivity contribution in [3.63, 3.8) is 0 Å². The summed E-state index contributed by atoms with van der Waals surface area (Å²) in [5, 5.41) is 3.33. The van der Waals surface area contributed by atoms with Crippen molar-refractivity contribution in [3.05, 3.63) is 35.1 Å². The lowest BCUT2D eigenvalue weighted by atomic mass is 9.96. The van der Waals surface area contributed by atoms with E-state index in [4.69, 9.17) is 0 Å². The highest BCUT2D eigenvalue weighted by Crippen LogP contribution is 2.24. The maximum atomic E-state index is 13.4. The van der Waals surface area contributed by atoms with Crippen LogP contribution in [0.2, 0.25) is 0 Å². The average molecular weight is 279 g/mol. The summed E-state index contributed by atoms with van der Waals surface area (Å²) < 4.78 is 13.4. The summed E-state index contributed by atoms with van der Waals surface area (Å²) in [5.41, 5.74) is 2.28. The normalized spacial score (nSPS) is 12.6. The van der Waals surface area contributed by atoms with Crippen LogP contribution in [-0.2, 0) is 0 Å². The van der Waals surface area contributed by atoms with E-state index in [0.717, 1.165) is 12.0 Å². The van der Waals surface area contributed by atoms with Crippen LogP contribution in [0.5, 0.6) is 0 Å². The highest BCUT2D eigenvalue weighted by atomic mass is 19.1. The van der Waals surface area contributed by atoms with Gasteiger partial charge in [0, 0.05) is 6.04 Å². The molecule has 1 rings (SSSR count). The molecule has 0 saturated heterocycles. The first-order chi connectivity index (χ1) is 9.69. The van der Waals surface area contributed by atoms with Crippen molar-refractivity contribution in [2.45, 2.75) is 71.3 Å². The van der Waals surface area contributed by atoms with Crippen LogP contribution in [0.15, 0.2) is 18.2 Å². The minimum Gasteiger partial charge on any atom is -0.313 e. The Morgan fingerprint density at radius 2 is 1.70 bits per heavy atom. The largest absolute Gasteiger partial charge is 0.313 e. The van der Waals surface area contributed by atoms with Crippen molar-refractivity contribution >= 4 is 0 Å². The van der Waals surface area contributed by atoms with Crippen molar-refractivity contribution in [1.82, 2.24) is 5.32 Å². The fraction of sp³-hybridized carbons (Fsp3) is 0.667. The minimum atomic E-state index is -0.134. The van der Waals surface area contributed by atoms with E-state index in [1.165, 1.54) is 50.5 Å². The second-order valence-corrected chi connectivity index (χ2v) is 5.75. The van der Waals surface area contributed by atoms with Gasteiger partial charge in [0.15, 0.2) is 0 Å². The van der Waals surface area contributed by atoms with E-state index in [1.807, 2.05) is 13.1 Å². The molecule has 1 N–H and O–H groups in total. The van der Waals surface area contributed by atoms with E-state index in [1.54, 1.807) is 12.1 Å². The van der Waals surface area contributed by atoms with Gasteiger partial charge in [0.25, 0.3) is 0 Å². The summed E-state index contributed by atoms with van der Waals surface area (Å²) in [7, 11) is 1.97. The summed E-state index contributed by atoms with van der Waals surface area (Å²) >= 11 is 0. The molecule has 0 radical (unpaired) electrons. The molecule has 0 spiro atoms. The number of aryl methyl sites for hydroxylation is 1. The maximum Gasteiger partial charge on any atom is 0.123 e. The van der Waals surface area contributed by atoms with E-state index < -0.39 is 0 Å². The molecule has 0 amide bonds. The Morgan fingerprint density at radius 1 is 1.05 bits per heavy atom. The van der Waals surface area contributed by atoms with E-state index in [9.17, 15) is 4.39 Å². The zero-order chi connectivity index (χ0) is 14.8. The third kappa shape index (κ3) is 6.04. The molecule has 0 aliphatic rings. The van der Waals surface area contributed by atoms with Gasteiger partial charge in [-0.15, -0.1) is 0 Å². The fourth-order valence-electron chi connectivity index (χ4n) is 2.75. The summed E-state index contributed by atoms with van der Waals surface area (Å²) in [6.45, 7) is 4.31. The molecule has 0 heterocycles. The van der Waals surface area contributed by atoms with E-state index >= 15 is 0 Å². The van der Waals surface area contributed by atoms with E-state index in [2.05, 4.69) is 19.2 Å². The van der Waals surface area contributed by atoms with E-state index in [0.29, 0.717) is 0 Å². The first kappa shape index (κ1) is 17.2. The molecular weight excluding hydrogens is 249 g/mol. The number of benzene rings is 1. The van der Waals surface area contributed by atoms with E-state index in [-0.39, 0.29) is 11.9 Å². The van der Waals surface area contributed by atoms with Crippen LogP contribution in [0.3, 0.4) is 0 Å². The number of halogens is 1. The van der Waals surface area contributed by atoms with Crippen LogP contribution in [0, 0.1) is 12.7 Å². The van der Waals surface area contributed by atoms with Crippen LogP contribution < -0.4 is 5.32 Å². The maximum absolute atomic E-state index is 13.4. The van der Waals surface area contributed by atoms with Gasteiger partial charge in [-0.2, -0.15) is 0 Å². The van der Waals surface area contributed by atoms with Crippen molar-refractivity contribution in [2.75, 3.05) is 7.05 Å². The third-order valence-corrected chi connectivity index (χ3v) is 4.06. The van der Waals surface area contributed by atoms with Gasteiger partial charge in [-0.05, 0) is 43.7 Å². The molecule has 20 heavy (non-hydrogen) atoms. The second kappa shape index (κ2) is 9.93. The van der Waals surface area contributed by atoms with Crippen molar-refractivity contribution in [1.29, 1.82) is 0 Å². The number of unbranched alkanes of at least 4 members (excludes halogenated alkanes) is 6. The monoisotopic (exact) mass is 279 g/mol. The molecule has 0 saturated carbocycles. The van der Waals surface area contributed by atoms with Gasteiger partial charge in [0.1, 0.15) is 5.82 Å². The molecule has 1 atom stereocenters. The molecule has 114 valence electrons. The van der Waals surface area contributed by atoms with Crippen molar-refractivity contribution in [2.24, 2.45) is 0 Å². The standard InChI is InChI=1S/C18H30FN/c1-4-5-6-7-8-9-10-11-18(20-3)17-14-16(19)13-12-15(17)2/h12-14,18,20H,4-11H2,1-3H3. The molecule has 0 aliphatic carbocycles. The van der Waals surface area contributed by atoms with Crippen LogP contribution in [0.4, 0.5) is 4.39 Å². The first-order valence-corrected chi connectivity index (χ1v) is 8.12. The lowest BCUT2D eigenvalue weighted by Crippen LogP contribution is -2.17. The van der Waals surface area contributed by atoms with Crippen molar-refractivity contribution < 1.29 is 4.39 Å². The second-order valence-electron chi connectivity index (χ2n) is 5.75. The predicted molar refractivity (Wildman–Crippen MR) is 85.5 cm³/mol. The average Bonchev–Trinajstić information content (AvgIpc) is 2.45. The molecular formula is C18H30FN. The molecule has 1 aromatic carbocycles. The quantitative estimate of drug-likeness (QED) is 0.555. The van der Waals surface area contributed by atoms with Gasteiger partial charge in [-0.1, -0.05) is 57.9 Å². The van der Waals surface area contributed by atoms with Crippen LogP contribution >= 0.6 is 0 Å². The van der Waals surface area contributed by atoms with Crippen LogP contribution in [0.25, 0.3) is 0 Å². The zero-order valence-corrected chi connectivity index (χ0v) is 13.3. The smallest absolute Gasteiger partial charge is 0.123 e. The van der Waals surface area contributed by atoms with Crippen molar-refractivity contribution in [3.8, 4) is 0 Å². The third-order valence-electron chi connectivity index (χ3n) is 4.06. The molecule has 0 aliphatic heterocycles. The predicted octanol–water partition coefficient (Wildman–Crippen LogP) is 5.54. The Hall–Kier alpha value is -0.890. The Labute approximate surface area is 124 Å². The Balaban J connectivity index is 2.34. The summed E-state index contributed by atoms with van der Waals surface area (Å²) in [6.07, 6.45) is 10.3. The fourth-order valence-corrected chi connectivity index (χ4v) is 2.75. The molecule has 1 aromatic rings. The SMILES string of the molecule is CCCCCCCCCC(NC)c1cc(F)ccc1C.